The lowest BCUT2D eigenvalue weighted by atomic mass is 10.2. The molecule has 1 heterocycles. The lowest BCUT2D eigenvalue weighted by Crippen LogP contribution is -2.23. The highest BCUT2D eigenvalue weighted by atomic mass is 16.2. The molecule has 3 aromatic carbocycles. The van der Waals surface area contributed by atoms with E-state index >= 15 is 0 Å². The Kier molecular flexibility index (Phi) is 5.07. The SMILES string of the molecule is CC(=O)Nc1ccc(C=NNC(=O)Cn2c3ccccc3c3ccccc32)cc1. The van der Waals surface area contributed by atoms with E-state index in [2.05, 4.69) is 28.0 Å². The predicted octanol–water partition coefficient (Wildman–Crippen LogP) is 3.90. The molecule has 0 aliphatic rings. The maximum Gasteiger partial charge on any atom is 0.260 e. The summed E-state index contributed by atoms with van der Waals surface area (Å²) >= 11 is 0. The van der Waals surface area contributed by atoms with Crippen LogP contribution in [0.2, 0.25) is 0 Å². The van der Waals surface area contributed by atoms with Gasteiger partial charge in [-0.25, -0.2) is 5.43 Å². The first-order chi connectivity index (χ1) is 14.1. The van der Waals surface area contributed by atoms with Crippen LogP contribution in [0.25, 0.3) is 21.8 Å². The normalized spacial score (nSPS) is 11.2. The minimum atomic E-state index is -0.206. The van der Waals surface area contributed by atoms with Gasteiger partial charge in [-0.1, -0.05) is 48.5 Å². The molecule has 29 heavy (non-hydrogen) atoms. The van der Waals surface area contributed by atoms with Crippen LogP contribution in [0, 0.1) is 0 Å². The molecule has 2 N–H and O–H groups in total. The number of rotatable bonds is 5. The third-order valence-corrected chi connectivity index (χ3v) is 4.62. The van der Waals surface area contributed by atoms with Gasteiger partial charge in [0.2, 0.25) is 5.91 Å². The number of carbonyl (C=O) groups is 2. The number of hydrogen-bond donors (Lipinski definition) is 2. The van der Waals surface area contributed by atoms with Gasteiger partial charge in [-0.2, -0.15) is 5.10 Å². The second kappa shape index (κ2) is 7.98. The van der Waals surface area contributed by atoms with Crippen molar-refractivity contribution in [3.8, 4) is 0 Å². The van der Waals surface area contributed by atoms with E-state index < -0.39 is 0 Å². The van der Waals surface area contributed by atoms with Crippen molar-refractivity contribution in [2.45, 2.75) is 13.5 Å². The molecule has 0 atom stereocenters. The average molecular weight is 384 g/mol. The number of para-hydroxylation sites is 2. The number of hydrazone groups is 1. The molecular formula is C23H20N4O2. The zero-order valence-corrected chi connectivity index (χ0v) is 15.9. The monoisotopic (exact) mass is 384 g/mol. The van der Waals surface area contributed by atoms with Crippen LogP contribution in [0.1, 0.15) is 12.5 Å². The van der Waals surface area contributed by atoms with Crippen LogP contribution < -0.4 is 10.7 Å². The Bertz CT molecular complexity index is 1170. The molecule has 2 amide bonds. The molecule has 6 heteroatoms. The molecule has 0 bridgehead atoms. The lowest BCUT2D eigenvalue weighted by Gasteiger charge is -2.06. The quantitative estimate of drug-likeness (QED) is 0.404. The topological polar surface area (TPSA) is 75.5 Å². The van der Waals surface area contributed by atoms with Gasteiger partial charge in [0.15, 0.2) is 0 Å². The van der Waals surface area contributed by atoms with Crippen molar-refractivity contribution >= 4 is 45.5 Å². The summed E-state index contributed by atoms with van der Waals surface area (Å²) in [5.41, 5.74) is 6.14. The highest BCUT2D eigenvalue weighted by Gasteiger charge is 2.12. The lowest BCUT2D eigenvalue weighted by molar-refractivity contribution is -0.121. The van der Waals surface area contributed by atoms with E-state index in [4.69, 9.17) is 0 Å². The van der Waals surface area contributed by atoms with Crippen LogP contribution >= 0.6 is 0 Å². The summed E-state index contributed by atoms with van der Waals surface area (Å²) in [4.78, 5) is 23.5. The summed E-state index contributed by atoms with van der Waals surface area (Å²) in [5, 5.41) is 9.00. The van der Waals surface area contributed by atoms with E-state index in [0.29, 0.717) is 5.69 Å². The fourth-order valence-electron chi connectivity index (χ4n) is 3.39. The van der Waals surface area contributed by atoms with Crippen molar-refractivity contribution in [3.05, 3.63) is 78.4 Å². The van der Waals surface area contributed by atoms with Crippen molar-refractivity contribution in [2.24, 2.45) is 5.10 Å². The Morgan fingerprint density at radius 2 is 1.48 bits per heavy atom. The van der Waals surface area contributed by atoms with Gasteiger partial charge in [0.25, 0.3) is 5.91 Å². The number of carbonyl (C=O) groups excluding carboxylic acids is 2. The van der Waals surface area contributed by atoms with Crippen molar-refractivity contribution in [1.82, 2.24) is 9.99 Å². The Balaban J connectivity index is 1.47. The van der Waals surface area contributed by atoms with Crippen LogP contribution in [0.5, 0.6) is 0 Å². The van der Waals surface area contributed by atoms with Crippen LogP contribution in [-0.4, -0.2) is 22.6 Å². The molecule has 0 aliphatic heterocycles. The third kappa shape index (κ3) is 4.01. The second-order valence-electron chi connectivity index (χ2n) is 6.72. The summed E-state index contributed by atoms with van der Waals surface area (Å²) < 4.78 is 2.00. The molecule has 0 saturated carbocycles. The molecular weight excluding hydrogens is 364 g/mol. The van der Waals surface area contributed by atoms with Crippen LogP contribution in [0.4, 0.5) is 5.69 Å². The smallest absolute Gasteiger partial charge is 0.260 e. The zero-order valence-electron chi connectivity index (χ0n) is 15.9. The summed E-state index contributed by atoms with van der Waals surface area (Å²) in [6, 6.07) is 23.3. The van der Waals surface area contributed by atoms with Gasteiger partial charge in [0.05, 0.1) is 6.21 Å². The Labute approximate surface area is 167 Å². The van der Waals surface area contributed by atoms with Gasteiger partial charge in [-0.15, -0.1) is 0 Å². The molecule has 0 fully saturated rings. The largest absolute Gasteiger partial charge is 0.331 e. The highest BCUT2D eigenvalue weighted by molar-refractivity contribution is 6.08. The Morgan fingerprint density at radius 1 is 0.897 bits per heavy atom. The predicted molar refractivity (Wildman–Crippen MR) is 116 cm³/mol. The molecule has 0 unspecified atom stereocenters. The average Bonchev–Trinajstić information content (AvgIpc) is 3.03. The van der Waals surface area contributed by atoms with E-state index in [0.717, 1.165) is 27.4 Å². The molecule has 0 radical (unpaired) electrons. The first-order valence-electron chi connectivity index (χ1n) is 9.27. The summed E-state index contributed by atoms with van der Waals surface area (Å²) in [6.45, 7) is 1.63. The molecule has 6 nitrogen and oxygen atoms in total. The van der Waals surface area contributed by atoms with Crippen LogP contribution in [0.15, 0.2) is 77.9 Å². The summed E-state index contributed by atoms with van der Waals surface area (Å²) in [5.74, 6) is -0.327. The van der Waals surface area contributed by atoms with Crippen molar-refractivity contribution in [1.29, 1.82) is 0 Å². The van der Waals surface area contributed by atoms with Gasteiger partial charge in [0, 0.05) is 34.4 Å². The first-order valence-corrected chi connectivity index (χ1v) is 9.27. The minimum absolute atomic E-state index is 0.122. The molecule has 144 valence electrons. The standard InChI is InChI=1S/C23H20N4O2/c1-16(28)25-18-12-10-17(11-13-18)14-24-26-23(29)15-27-21-8-4-2-6-19(21)20-7-3-5-9-22(20)27/h2-14H,15H2,1H3,(H,25,28)(H,26,29). The second-order valence-corrected chi connectivity index (χ2v) is 6.72. The maximum absolute atomic E-state index is 12.5. The van der Waals surface area contributed by atoms with Gasteiger partial charge in [-0.3, -0.25) is 9.59 Å². The molecule has 0 aliphatic carbocycles. The number of nitrogens with zero attached hydrogens (tertiary/aromatic N) is 2. The number of aromatic nitrogens is 1. The van der Waals surface area contributed by atoms with Gasteiger partial charge < -0.3 is 9.88 Å². The Morgan fingerprint density at radius 3 is 2.07 bits per heavy atom. The van der Waals surface area contributed by atoms with E-state index in [1.165, 1.54) is 6.92 Å². The highest BCUT2D eigenvalue weighted by Crippen LogP contribution is 2.28. The number of benzene rings is 3. The van der Waals surface area contributed by atoms with E-state index in [9.17, 15) is 9.59 Å². The van der Waals surface area contributed by atoms with Crippen molar-refractivity contribution < 1.29 is 9.59 Å². The van der Waals surface area contributed by atoms with Gasteiger partial charge in [0.1, 0.15) is 6.54 Å². The van der Waals surface area contributed by atoms with Crippen LogP contribution in [0.3, 0.4) is 0 Å². The van der Waals surface area contributed by atoms with Crippen molar-refractivity contribution in [3.63, 3.8) is 0 Å². The molecule has 4 rings (SSSR count). The van der Waals surface area contributed by atoms with Crippen LogP contribution in [-0.2, 0) is 16.1 Å². The van der Waals surface area contributed by atoms with E-state index in [1.54, 1.807) is 18.3 Å². The molecule has 0 spiro atoms. The maximum atomic E-state index is 12.5. The zero-order chi connectivity index (χ0) is 20.2. The summed E-state index contributed by atoms with van der Waals surface area (Å²) in [7, 11) is 0. The minimum Gasteiger partial charge on any atom is -0.331 e. The summed E-state index contributed by atoms with van der Waals surface area (Å²) in [6.07, 6.45) is 1.57. The molecule has 1 aromatic heterocycles. The van der Waals surface area contributed by atoms with Gasteiger partial charge in [-0.05, 0) is 29.8 Å². The molecule has 4 aromatic rings. The van der Waals surface area contributed by atoms with E-state index in [-0.39, 0.29) is 18.4 Å². The number of amides is 2. The van der Waals surface area contributed by atoms with Gasteiger partial charge >= 0.3 is 0 Å². The number of hydrogen-bond acceptors (Lipinski definition) is 3. The third-order valence-electron chi connectivity index (χ3n) is 4.62. The fraction of sp³-hybridized carbons (Fsp3) is 0.0870. The van der Waals surface area contributed by atoms with Crippen molar-refractivity contribution in [2.75, 3.05) is 5.32 Å². The van der Waals surface area contributed by atoms with E-state index in [1.807, 2.05) is 53.1 Å². The fourth-order valence-corrected chi connectivity index (χ4v) is 3.39. The first kappa shape index (κ1) is 18.4. The Hall–Kier alpha value is -3.93. The number of anilines is 1. The number of nitrogens with one attached hydrogen (secondary N) is 2. The molecule has 0 saturated heterocycles. The number of fused-ring (bicyclic) bond motifs is 3.